The van der Waals surface area contributed by atoms with Gasteiger partial charge in [0.1, 0.15) is 6.04 Å². The molecule has 0 spiro atoms. The third-order valence-corrected chi connectivity index (χ3v) is 3.85. The fraction of sp³-hybridized carbons (Fsp3) is 0.538. The summed E-state index contributed by atoms with van der Waals surface area (Å²) in [6.45, 7) is 7.68. The van der Waals surface area contributed by atoms with Crippen molar-refractivity contribution in [3.05, 3.63) is 21.4 Å². The van der Waals surface area contributed by atoms with Crippen molar-refractivity contribution in [3.8, 4) is 0 Å². The van der Waals surface area contributed by atoms with Gasteiger partial charge in [0.2, 0.25) is 0 Å². The number of carbonyl (C=O) groups is 2. The average Bonchev–Trinajstić information content (AvgIpc) is 2.58. The first kappa shape index (κ1) is 14.7. The largest absolute Gasteiger partial charge is 0.480 e. The van der Waals surface area contributed by atoms with Crippen molar-refractivity contribution in [2.24, 2.45) is 5.92 Å². The minimum atomic E-state index is -0.985. The van der Waals surface area contributed by atoms with Crippen molar-refractivity contribution in [1.29, 1.82) is 0 Å². The molecule has 0 radical (unpaired) electrons. The molecule has 1 atom stereocenters. The van der Waals surface area contributed by atoms with Crippen LogP contribution < -0.4 is 5.32 Å². The molecule has 0 saturated carbocycles. The zero-order chi connectivity index (χ0) is 13.9. The molecule has 0 aromatic carbocycles. The molecule has 0 bridgehead atoms. The van der Waals surface area contributed by atoms with E-state index in [9.17, 15) is 9.59 Å². The van der Waals surface area contributed by atoms with Crippen LogP contribution in [0.4, 0.5) is 0 Å². The van der Waals surface area contributed by atoms with Gasteiger partial charge in [-0.05, 0) is 31.7 Å². The van der Waals surface area contributed by atoms with Gasteiger partial charge in [-0.25, -0.2) is 4.79 Å². The minimum absolute atomic E-state index is 0.219. The van der Waals surface area contributed by atoms with Gasteiger partial charge < -0.3 is 10.4 Å². The van der Waals surface area contributed by atoms with E-state index in [-0.39, 0.29) is 11.8 Å². The summed E-state index contributed by atoms with van der Waals surface area (Å²) in [5.74, 6) is -1.07. The Balaban J connectivity index is 2.79. The molecule has 0 unspecified atom stereocenters. The lowest BCUT2D eigenvalue weighted by molar-refractivity contribution is -0.139. The third kappa shape index (κ3) is 3.57. The second kappa shape index (κ2) is 6.00. The van der Waals surface area contributed by atoms with Crippen molar-refractivity contribution in [2.45, 2.75) is 40.2 Å². The van der Waals surface area contributed by atoms with Gasteiger partial charge in [0.05, 0.1) is 5.56 Å². The Morgan fingerprint density at radius 3 is 2.39 bits per heavy atom. The maximum absolute atomic E-state index is 12.0. The number of aryl methyl sites for hydroxylation is 1. The maximum atomic E-state index is 12.0. The van der Waals surface area contributed by atoms with E-state index in [4.69, 9.17) is 5.11 Å². The summed E-state index contributed by atoms with van der Waals surface area (Å²) in [5.41, 5.74) is 1.50. The zero-order valence-corrected chi connectivity index (χ0v) is 11.9. The zero-order valence-electron chi connectivity index (χ0n) is 11.1. The van der Waals surface area contributed by atoms with Gasteiger partial charge >= 0.3 is 5.97 Å². The molecule has 0 fully saturated rings. The molecule has 0 saturated heterocycles. The highest BCUT2D eigenvalue weighted by Gasteiger charge is 2.23. The topological polar surface area (TPSA) is 66.4 Å². The smallest absolute Gasteiger partial charge is 0.326 e. The number of aliphatic carboxylic acids is 1. The summed E-state index contributed by atoms with van der Waals surface area (Å²) in [4.78, 5) is 24.2. The summed E-state index contributed by atoms with van der Waals surface area (Å²) >= 11 is 1.50. The van der Waals surface area contributed by atoms with E-state index >= 15 is 0 Å². The molecule has 0 aliphatic rings. The second-order valence-electron chi connectivity index (χ2n) is 4.82. The van der Waals surface area contributed by atoms with Crippen LogP contribution in [0, 0.1) is 19.8 Å². The van der Waals surface area contributed by atoms with Gasteiger partial charge in [0, 0.05) is 10.3 Å². The van der Waals surface area contributed by atoms with Crippen molar-refractivity contribution >= 4 is 23.2 Å². The Labute approximate surface area is 111 Å². The van der Waals surface area contributed by atoms with E-state index in [1.807, 2.05) is 27.7 Å². The summed E-state index contributed by atoms with van der Waals surface area (Å²) < 4.78 is 0. The van der Waals surface area contributed by atoms with Crippen LogP contribution in [-0.2, 0) is 4.79 Å². The van der Waals surface area contributed by atoms with Crippen LogP contribution in [0.1, 0.15) is 41.1 Å². The van der Waals surface area contributed by atoms with Crippen LogP contribution in [0.3, 0.4) is 0 Å². The second-order valence-corrected chi connectivity index (χ2v) is 5.91. The number of carboxylic acid groups (broad SMARTS) is 1. The molecule has 18 heavy (non-hydrogen) atoms. The first-order valence-electron chi connectivity index (χ1n) is 5.91. The summed E-state index contributed by atoms with van der Waals surface area (Å²) in [7, 11) is 0. The van der Waals surface area contributed by atoms with Crippen LogP contribution >= 0.6 is 11.3 Å². The monoisotopic (exact) mass is 269 g/mol. The van der Waals surface area contributed by atoms with Gasteiger partial charge in [-0.3, -0.25) is 4.79 Å². The van der Waals surface area contributed by atoms with Crippen LogP contribution in [-0.4, -0.2) is 23.0 Å². The Bertz CT molecular complexity index is 451. The highest BCUT2D eigenvalue weighted by Crippen LogP contribution is 2.20. The van der Waals surface area contributed by atoms with Crippen molar-refractivity contribution in [3.63, 3.8) is 0 Å². The molecule has 5 heteroatoms. The predicted octanol–water partition coefficient (Wildman–Crippen LogP) is 2.59. The fourth-order valence-corrected chi connectivity index (χ4v) is 2.53. The Kier molecular flexibility index (Phi) is 4.90. The van der Waals surface area contributed by atoms with E-state index in [2.05, 4.69) is 5.32 Å². The molecule has 1 aromatic rings. The maximum Gasteiger partial charge on any atom is 0.326 e. The van der Waals surface area contributed by atoms with E-state index in [1.165, 1.54) is 11.3 Å². The van der Waals surface area contributed by atoms with Crippen molar-refractivity contribution < 1.29 is 14.7 Å². The Morgan fingerprint density at radius 1 is 1.39 bits per heavy atom. The predicted molar refractivity (Wildman–Crippen MR) is 72.1 cm³/mol. The molecule has 2 N–H and O–H groups in total. The van der Waals surface area contributed by atoms with Crippen LogP contribution in [0.25, 0.3) is 0 Å². The summed E-state index contributed by atoms with van der Waals surface area (Å²) in [6, 6.07) is -0.822. The molecular weight excluding hydrogens is 250 g/mol. The highest BCUT2D eigenvalue weighted by atomic mass is 32.1. The molecule has 1 rings (SSSR count). The SMILES string of the molecule is Cc1scc(C(=O)N[C@H](CC(C)C)C(=O)O)c1C. The Morgan fingerprint density at radius 2 is 2.00 bits per heavy atom. The third-order valence-electron chi connectivity index (χ3n) is 2.84. The number of carboxylic acids is 1. The summed E-state index contributed by atoms with van der Waals surface area (Å²) in [6.07, 6.45) is 0.434. The molecule has 1 amide bonds. The highest BCUT2D eigenvalue weighted by molar-refractivity contribution is 7.10. The van der Waals surface area contributed by atoms with Gasteiger partial charge in [-0.15, -0.1) is 11.3 Å². The molecule has 4 nitrogen and oxygen atoms in total. The number of hydrogen-bond donors (Lipinski definition) is 2. The molecular formula is C13H19NO3S. The van der Waals surface area contributed by atoms with Gasteiger partial charge in [0.25, 0.3) is 5.91 Å². The molecule has 0 aliphatic carbocycles. The number of thiophene rings is 1. The van der Waals surface area contributed by atoms with E-state index < -0.39 is 12.0 Å². The molecule has 100 valence electrons. The standard InChI is InChI=1S/C13H19NO3S/c1-7(2)5-11(13(16)17)14-12(15)10-6-18-9(4)8(10)3/h6-7,11H,5H2,1-4H3,(H,14,15)(H,16,17)/t11-/m1/s1. The molecule has 1 heterocycles. The lowest BCUT2D eigenvalue weighted by Crippen LogP contribution is -2.41. The lowest BCUT2D eigenvalue weighted by Gasteiger charge is -2.16. The van der Waals surface area contributed by atoms with E-state index in [0.717, 1.165) is 10.4 Å². The number of hydrogen-bond acceptors (Lipinski definition) is 3. The van der Waals surface area contributed by atoms with Gasteiger partial charge in [0.15, 0.2) is 0 Å². The van der Waals surface area contributed by atoms with E-state index in [0.29, 0.717) is 12.0 Å². The number of carbonyl (C=O) groups excluding carboxylic acids is 1. The quantitative estimate of drug-likeness (QED) is 0.863. The summed E-state index contributed by atoms with van der Waals surface area (Å²) in [5, 5.41) is 13.4. The fourth-order valence-electron chi connectivity index (χ4n) is 1.67. The van der Waals surface area contributed by atoms with Gasteiger partial charge in [-0.2, -0.15) is 0 Å². The van der Waals surface area contributed by atoms with E-state index in [1.54, 1.807) is 5.38 Å². The van der Waals surface area contributed by atoms with Crippen molar-refractivity contribution in [1.82, 2.24) is 5.32 Å². The van der Waals surface area contributed by atoms with Crippen LogP contribution in [0.15, 0.2) is 5.38 Å². The normalized spacial score (nSPS) is 12.5. The van der Waals surface area contributed by atoms with Crippen LogP contribution in [0.5, 0.6) is 0 Å². The Hall–Kier alpha value is -1.36. The number of rotatable bonds is 5. The lowest BCUT2D eigenvalue weighted by atomic mass is 10.0. The first-order valence-corrected chi connectivity index (χ1v) is 6.79. The average molecular weight is 269 g/mol. The minimum Gasteiger partial charge on any atom is -0.480 e. The number of nitrogens with one attached hydrogen (secondary N) is 1. The first-order chi connectivity index (χ1) is 8.32. The molecule has 1 aromatic heterocycles. The van der Waals surface area contributed by atoms with Crippen LogP contribution in [0.2, 0.25) is 0 Å². The number of amides is 1. The molecule has 0 aliphatic heterocycles. The van der Waals surface area contributed by atoms with Crippen molar-refractivity contribution in [2.75, 3.05) is 0 Å². The van der Waals surface area contributed by atoms with Gasteiger partial charge in [-0.1, -0.05) is 13.8 Å².